The summed E-state index contributed by atoms with van der Waals surface area (Å²) in [5.41, 5.74) is 3.78. The molecule has 4 nitrogen and oxygen atoms in total. The molecule has 1 aliphatic heterocycles. The normalized spacial score (nSPS) is 21.8. The number of aromatic nitrogens is 2. The van der Waals surface area contributed by atoms with Crippen molar-refractivity contribution >= 4 is 20.7 Å². The van der Waals surface area contributed by atoms with Crippen molar-refractivity contribution in [2.45, 2.75) is 38.0 Å². The molecule has 0 radical (unpaired) electrons. The van der Waals surface area contributed by atoms with Gasteiger partial charge in [0.05, 0.1) is 11.8 Å². The highest BCUT2D eigenvalue weighted by molar-refractivity contribution is 8.01. The molecule has 122 valence electrons. The Bertz CT molecular complexity index is 958. The van der Waals surface area contributed by atoms with Gasteiger partial charge in [-0.1, -0.05) is 13.8 Å². The predicted octanol–water partition coefficient (Wildman–Crippen LogP) is 2.63. The average molecular weight is 330 g/mol. The zero-order valence-electron chi connectivity index (χ0n) is 14.4. The number of hydrogen-bond acceptors (Lipinski definition) is 3. The SMILES string of the molecule is Cc1c(C(=O)c2cnn(C)c2C)ccc2c1C(C)(C)C=S2(C)=O. The van der Waals surface area contributed by atoms with Crippen LogP contribution in [-0.4, -0.2) is 31.4 Å². The van der Waals surface area contributed by atoms with Crippen LogP contribution in [0.5, 0.6) is 0 Å². The van der Waals surface area contributed by atoms with Gasteiger partial charge in [-0.2, -0.15) is 5.10 Å². The summed E-state index contributed by atoms with van der Waals surface area (Å²) in [6.45, 7) is 7.95. The first-order valence-electron chi connectivity index (χ1n) is 7.59. The fourth-order valence-electron chi connectivity index (χ4n) is 3.62. The van der Waals surface area contributed by atoms with E-state index in [1.54, 1.807) is 23.2 Å². The first kappa shape index (κ1) is 16.0. The Morgan fingerprint density at radius 3 is 2.43 bits per heavy atom. The number of nitrogens with zero attached hydrogens (tertiary/aromatic N) is 2. The molecule has 2 aromatic rings. The minimum Gasteiger partial charge on any atom is -0.288 e. The third kappa shape index (κ3) is 2.26. The van der Waals surface area contributed by atoms with E-state index in [2.05, 4.69) is 18.9 Å². The van der Waals surface area contributed by atoms with Crippen molar-refractivity contribution in [1.82, 2.24) is 9.78 Å². The molecule has 0 saturated heterocycles. The van der Waals surface area contributed by atoms with Crippen LogP contribution >= 0.6 is 0 Å². The van der Waals surface area contributed by atoms with Crippen LogP contribution < -0.4 is 0 Å². The number of aryl methyl sites for hydroxylation is 1. The van der Waals surface area contributed by atoms with Gasteiger partial charge in [-0.3, -0.25) is 13.7 Å². The maximum Gasteiger partial charge on any atom is 0.196 e. The molecule has 0 amide bonds. The summed E-state index contributed by atoms with van der Waals surface area (Å²) < 4.78 is 14.5. The van der Waals surface area contributed by atoms with E-state index in [0.717, 1.165) is 21.7 Å². The Labute approximate surface area is 137 Å². The van der Waals surface area contributed by atoms with Gasteiger partial charge < -0.3 is 0 Å². The van der Waals surface area contributed by atoms with Crippen molar-refractivity contribution in [2.24, 2.45) is 7.05 Å². The largest absolute Gasteiger partial charge is 0.288 e. The highest BCUT2D eigenvalue weighted by atomic mass is 32.2. The highest BCUT2D eigenvalue weighted by Gasteiger charge is 2.35. The van der Waals surface area contributed by atoms with Crippen molar-refractivity contribution in [2.75, 3.05) is 6.26 Å². The summed E-state index contributed by atoms with van der Waals surface area (Å²) in [7, 11) is -0.324. The molecule has 0 spiro atoms. The molecule has 2 heterocycles. The molecule has 0 aliphatic carbocycles. The second-order valence-corrected chi connectivity index (χ2v) is 9.43. The van der Waals surface area contributed by atoms with Crippen molar-refractivity contribution in [1.29, 1.82) is 0 Å². The number of benzene rings is 1. The highest BCUT2D eigenvalue weighted by Crippen LogP contribution is 2.39. The first-order valence-corrected chi connectivity index (χ1v) is 9.62. The number of fused-ring (bicyclic) bond motifs is 1. The Hall–Kier alpha value is -1.88. The van der Waals surface area contributed by atoms with Gasteiger partial charge in [0, 0.05) is 34.9 Å². The molecule has 1 aromatic carbocycles. The van der Waals surface area contributed by atoms with Crippen LogP contribution in [0, 0.1) is 13.8 Å². The number of rotatable bonds is 2. The Morgan fingerprint density at radius 2 is 1.87 bits per heavy atom. The van der Waals surface area contributed by atoms with Gasteiger partial charge >= 0.3 is 0 Å². The summed E-state index contributed by atoms with van der Waals surface area (Å²) in [6, 6.07) is 3.66. The Balaban J connectivity index is 2.21. The summed E-state index contributed by atoms with van der Waals surface area (Å²) in [5.74, 6) is -0.0267. The fraction of sp³-hybridized carbons (Fsp3) is 0.389. The van der Waals surface area contributed by atoms with E-state index in [1.165, 1.54) is 0 Å². The molecule has 0 saturated carbocycles. The lowest BCUT2D eigenvalue weighted by molar-refractivity contribution is 0.103. The monoisotopic (exact) mass is 330 g/mol. The van der Waals surface area contributed by atoms with Crippen LogP contribution in [-0.2, 0) is 22.0 Å². The second-order valence-electron chi connectivity index (χ2n) is 6.95. The first-order chi connectivity index (χ1) is 10.6. The average Bonchev–Trinajstić information content (AvgIpc) is 2.85. The fourth-order valence-corrected chi connectivity index (χ4v) is 6.15. The third-order valence-electron chi connectivity index (χ3n) is 4.75. The third-order valence-corrected chi connectivity index (χ3v) is 7.00. The molecule has 0 N–H and O–H groups in total. The van der Waals surface area contributed by atoms with Crippen LogP contribution in [0.4, 0.5) is 0 Å². The van der Waals surface area contributed by atoms with Crippen LogP contribution in [0.2, 0.25) is 0 Å². The van der Waals surface area contributed by atoms with Crippen LogP contribution in [0.3, 0.4) is 0 Å². The van der Waals surface area contributed by atoms with Gasteiger partial charge in [0.25, 0.3) is 0 Å². The molecular weight excluding hydrogens is 308 g/mol. The molecule has 0 fully saturated rings. The van der Waals surface area contributed by atoms with Crippen molar-refractivity contribution < 1.29 is 9.00 Å². The van der Waals surface area contributed by atoms with Gasteiger partial charge in [0.1, 0.15) is 0 Å². The topological polar surface area (TPSA) is 52.0 Å². The van der Waals surface area contributed by atoms with Gasteiger partial charge in [-0.15, -0.1) is 0 Å². The lowest BCUT2D eigenvalue weighted by Crippen LogP contribution is -2.19. The number of carbonyl (C=O) groups is 1. The lowest BCUT2D eigenvalue weighted by atomic mass is 9.81. The zero-order chi connectivity index (χ0) is 17.2. The van der Waals surface area contributed by atoms with E-state index in [-0.39, 0.29) is 11.2 Å². The van der Waals surface area contributed by atoms with Gasteiger partial charge in [0.15, 0.2) is 5.78 Å². The van der Waals surface area contributed by atoms with Crippen molar-refractivity contribution in [3.05, 3.63) is 46.3 Å². The standard InChI is InChI=1S/C18H22N2O2S/c1-11-13(17(21)14-9-19-20(5)12(14)2)7-8-15-16(11)18(3,4)10-23(15,6)22/h7-10H,1-6H3. The number of carbonyl (C=O) groups excluding carboxylic acids is 1. The van der Waals surface area contributed by atoms with Crippen LogP contribution in [0.1, 0.15) is 46.6 Å². The van der Waals surface area contributed by atoms with E-state index in [9.17, 15) is 9.00 Å². The number of hydrogen-bond donors (Lipinski definition) is 0. The van der Waals surface area contributed by atoms with E-state index in [4.69, 9.17) is 0 Å². The molecule has 3 rings (SSSR count). The molecule has 1 unspecified atom stereocenters. The zero-order valence-corrected chi connectivity index (χ0v) is 15.2. The maximum absolute atomic E-state index is 12.9. The maximum atomic E-state index is 12.9. The van der Waals surface area contributed by atoms with E-state index < -0.39 is 9.52 Å². The minimum atomic E-state index is -2.15. The van der Waals surface area contributed by atoms with Gasteiger partial charge in [-0.05, 0) is 52.0 Å². The molecule has 23 heavy (non-hydrogen) atoms. The summed E-state index contributed by atoms with van der Waals surface area (Å²) in [6.07, 6.45) is 3.39. The molecule has 1 aliphatic rings. The van der Waals surface area contributed by atoms with Crippen molar-refractivity contribution in [3.8, 4) is 0 Å². The van der Waals surface area contributed by atoms with Crippen molar-refractivity contribution in [3.63, 3.8) is 0 Å². The van der Waals surface area contributed by atoms with E-state index in [1.807, 2.05) is 32.3 Å². The predicted molar refractivity (Wildman–Crippen MR) is 94.0 cm³/mol. The molecule has 0 bridgehead atoms. The summed E-state index contributed by atoms with van der Waals surface area (Å²) >= 11 is 0. The Morgan fingerprint density at radius 1 is 1.22 bits per heavy atom. The summed E-state index contributed by atoms with van der Waals surface area (Å²) in [5, 5.41) is 6.08. The summed E-state index contributed by atoms with van der Waals surface area (Å²) in [4.78, 5) is 13.8. The Kier molecular flexibility index (Phi) is 3.34. The molecule has 5 heteroatoms. The van der Waals surface area contributed by atoms with Crippen LogP contribution in [0.25, 0.3) is 0 Å². The van der Waals surface area contributed by atoms with E-state index >= 15 is 0 Å². The van der Waals surface area contributed by atoms with Gasteiger partial charge in [-0.25, -0.2) is 0 Å². The van der Waals surface area contributed by atoms with Crippen LogP contribution in [0.15, 0.2) is 23.2 Å². The second kappa shape index (κ2) is 4.81. The molecule has 1 aromatic heterocycles. The lowest BCUT2D eigenvalue weighted by Gasteiger charge is -2.21. The van der Waals surface area contributed by atoms with E-state index in [0.29, 0.717) is 11.1 Å². The van der Waals surface area contributed by atoms with Gasteiger partial charge in [0.2, 0.25) is 0 Å². The smallest absolute Gasteiger partial charge is 0.196 e. The number of ketones is 1. The quantitative estimate of drug-likeness (QED) is 0.628. The molecular formula is C18H22N2O2S. The molecule has 1 atom stereocenters. The minimum absolute atomic E-state index is 0.0267.